The minimum atomic E-state index is -0.0807. The summed E-state index contributed by atoms with van der Waals surface area (Å²) in [5, 5.41) is 9.02. The fraction of sp³-hybridized carbons (Fsp3) is 0.280. The molecule has 0 saturated carbocycles. The van der Waals surface area contributed by atoms with Crippen molar-refractivity contribution >= 4 is 22.9 Å². The number of hydrogen-bond acceptors (Lipinski definition) is 1. The monoisotopic (exact) mass is 341 g/mol. The van der Waals surface area contributed by atoms with Crippen LogP contribution in [0.3, 0.4) is 0 Å². The summed E-state index contributed by atoms with van der Waals surface area (Å²) in [6.07, 6.45) is 4.82. The summed E-state index contributed by atoms with van der Waals surface area (Å²) in [7, 11) is 0. The fourth-order valence-corrected chi connectivity index (χ4v) is 4.00. The molecule has 0 radical (unpaired) electrons. The van der Waals surface area contributed by atoms with Gasteiger partial charge in [0.15, 0.2) is 0 Å². The second-order valence-electron chi connectivity index (χ2n) is 8.62. The molecule has 0 amide bonds. The third-order valence-electron chi connectivity index (χ3n) is 5.32. The van der Waals surface area contributed by atoms with E-state index in [-0.39, 0.29) is 11.0 Å². The van der Waals surface area contributed by atoms with Crippen LogP contribution in [0.5, 0.6) is 0 Å². The van der Waals surface area contributed by atoms with Gasteiger partial charge in [-0.05, 0) is 60.0 Å². The lowest BCUT2D eigenvalue weighted by Crippen LogP contribution is -2.36. The first kappa shape index (κ1) is 17.1. The summed E-state index contributed by atoms with van der Waals surface area (Å²) in [5.74, 6) is 0. The zero-order chi connectivity index (χ0) is 18.4. The first-order valence-electron chi connectivity index (χ1n) is 9.43. The maximum atomic E-state index is 3.70. The van der Waals surface area contributed by atoms with Crippen molar-refractivity contribution in [1.82, 2.24) is 5.32 Å². The Labute approximate surface area is 156 Å². The fourth-order valence-electron chi connectivity index (χ4n) is 4.00. The summed E-state index contributed by atoms with van der Waals surface area (Å²) in [6, 6.07) is 22.0. The van der Waals surface area contributed by atoms with Gasteiger partial charge in [0.25, 0.3) is 0 Å². The molecule has 0 unspecified atom stereocenters. The summed E-state index contributed by atoms with van der Waals surface area (Å²) in [5.41, 5.74) is 2.80. The normalized spacial score (nSPS) is 15.4. The Morgan fingerprint density at radius 1 is 0.808 bits per heavy atom. The van der Waals surface area contributed by atoms with E-state index in [1.807, 2.05) is 0 Å². The molecule has 3 aromatic carbocycles. The van der Waals surface area contributed by atoms with E-state index in [9.17, 15) is 0 Å². The highest BCUT2D eigenvalue weighted by molar-refractivity contribution is 5.88. The molecule has 0 atom stereocenters. The minimum absolute atomic E-state index is 0.0807. The molecule has 0 bridgehead atoms. The molecule has 3 aromatic rings. The van der Waals surface area contributed by atoms with Gasteiger partial charge < -0.3 is 5.32 Å². The van der Waals surface area contributed by atoms with Crippen molar-refractivity contribution in [2.24, 2.45) is 0 Å². The Morgan fingerprint density at radius 3 is 2.08 bits per heavy atom. The molecule has 0 spiro atoms. The molecular formula is C25H27N. The molecule has 1 aliphatic rings. The Bertz CT molecular complexity index is 1050. The van der Waals surface area contributed by atoms with E-state index < -0.39 is 0 Å². The van der Waals surface area contributed by atoms with E-state index in [1.54, 1.807) is 0 Å². The highest BCUT2D eigenvalue weighted by Crippen LogP contribution is 2.35. The third kappa shape index (κ3) is 3.08. The quantitative estimate of drug-likeness (QED) is 0.750. The number of hydrogen-bond donors (Lipinski definition) is 1. The average Bonchev–Trinajstić information content (AvgIpc) is 2.96. The Balaban J connectivity index is 1.91. The van der Waals surface area contributed by atoms with Crippen molar-refractivity contribution in [3.8, 4) is 0 Å². The van der Waals surface area contributed by atoms with E-state index in [0.717, 1.165) is 6.54 Å². The van der Waals surface area contributed by atoms with E-state index in [0.29, 0.717) is 0 Å². The van der Waals surface area contributed by atoms with E-state index >= 15 is 0 Å². The van der Waals surface area contributed by atoms with E-state index in [4.69, 9.17) is 0 Å². The first-order valence-corrected chi connectivity index (χ1v) is 9.43. The summed E-state index contributed by atoms with van der Waals surface area (Å²) >= 11 is 0. The van der Waals surface area contributed by atoms with E-state index in [2.05, 4.69) is 106 Å². The van der Waals surface area contributed by atoms with Gasteiger partial charge in [0.05, 0.1) is 0 Å². The Kier molecular flexibility index (Phi) is 4.00. The molecule has 1 N–H and O–H groups in total. The van der Waals surface area contributed by atoms with Gasteiger partial charge in [-0.1, -0.05) is 72.8 Å². The second-order valence-corrected chi connectivity index (χ2v) is 8.62. The predicted molar refractivity (Wildman–Crippen MR) is 113 cm³/mol. The molecule has 0 aliphatic heterocycles. The van der Waals surface area contributed by atoms with Gasteiger partial charge in [0.2, 0.25) is 0 Å². The summed E-state index contributed by atoms with van der Waals surface area (Å²) in [6.45, 7) is 9.88. The van der Waals surface area contributed by atoms with Gasteiger partial charge in [-0.2, -0.15) is 0 Å². The Hall–Kier alpha value is -2.38. The summed E-state index contributed by atoms with van der Waals surface area (Å²) in [4.78, 5) is 0. The molecule has 0 fully saturated rings. The lowest BCUT2D eigenvalue weighted by Gasteiger charge is -2.28. The molecule has 0 heterocycles. The minimum Gasteiger partial charge on any atom is -0.308 e. The zero-order valence-corrected chi connectivity index (χ0v) is 16.1. The molecule has 1 aliphatic carbocycles. The third-order valence-corrected chi connectivity index (χ3v) is 5.32. The number of benzene rings is 3. The molecule has 1 nitrogen and oxygen atoms in total. The van der Waals surface area contributed by atoms with Crippen LogP contribution in [-0.4, -0.2) is 5.54 Å². The second kappa shape index (κ2) is 6.10. The van der Waals surface area contributed by atoms with Crippen molar-refractivity contribution < 1.29 is 0 Å². The molecule has 0 saturated heterocycles. The van der Waals surface area contributed by atoms with Crippen LogP contribution >= 0.6 is 0 Å². The van der Waals surface area contributed by atoms with Gasteiger partial charge in [0.1, 0.15) is 0 Å². The van der Waals surface area contributed by atoms with Crippen molar-refractivity contribution in [2.75, 3.05) is 0 Å². The average molecular weight is 341 g/mol. The number of fused-ring (bicyclic) bond motifs is 2. The molecule has 1 heteroatoms. The van der Waals surface area contributed by atoms with Gasteiger partial charge in [-0.15, -0.1) is 0 Å². The molecule has 132 valence electrons. The van der Waals surface area contributed by atoms with Gasteiger partial charge in [-0.3, -0.25) is 0 Å². The zero-order valence-electron chi connectivity index (χ0n) is 16.1. The van der Waals surface area contributed by atoms with Crippen LogP contribution in [0.2, 0.25) is 0 Å². The maximum absolute atomic E-state index is 3.70. The largest absolute Gasteiger partial charge is 0.308 e. The number of nitrogens with one attached hydrogen (secondary N) is 1. The van der Waals surface area contributed by atoms with Gasteiger partial charge in [-0.25, -0.2) is 0 Å². The highest BCUT2D eigenvalue weighted by Gasteiger charge is 2.28. The highest BCUT2D eigenvalue weighted by atomic mass is 14.9. The predicted octanol–water partition coefficient (Wildman–Crippen LogP) is 4.26. The van der Waals surface area contributed by atoms with Crippen LogP contribution in [0.1, 0.15) is 38.8 Å². The van der Waals surface area contributed by atoms with Crippen molar-refractivity contribution in [3.63, 3.8) is 0 Å². The lowest BCUT2D eigenvalue weighted by molar-refractivity contribution is 0.424. The standard InChI is InChI=1S/C25H27N/c1-24(2,3)26-17-22-21-12-8-7-9-18(21)13-14-23(22)25(4)15-19-10-5-6-11-20(19)16-25/h5-16,26H,17H2,1-4H3. The van der Waals surface area contributed by atoms with Crippen LogP contribution < -0.4 is 15.8 Å². The molecule has 4 rings (SSSR count). The first-order chi connectivity index (χ1) is 12.4. The van der Waals surface area contributed by atoms with Crippen molar-refractivity contribution in [2.45, 2.75) is 45.2 Å². The smallest absolute Gasteiger partial charge is 0.0305 e. The SMILES string of the molecule is CC(C)(C)NCc1c(C2(C)C=c3ccccc3=C2)ccc2ccccc12. The topological polar surface area (TPSA) is 12.0 Å². The maximum Gasteiger partial charge on any atom is 0.0305 e. The molecular weight excluding hydrogens is 314 g/mol. The molecule has 0 aromatic heterocycles. The summed E-state index contributed by atoms with van der Waals surface area (Å²) < 4.78 is 0. The number of rotatable bonds is 3. The van der Waals surface area contributed by atoms with Gasteiger partial charge >= 0.3 is 0 Å². The van der Waals surface area contributed by atoms with Crippen LogP contribution in [0, 0.1) is 0 Å². The van der Waals surface area contributed by atoms with E-state index in [1.165, 1.54) is 32.3 Å². The van der Waals surface area contributed by atoms with Crippen molar-refractivity contribution in [3.05, 3.63) is 82.2 Å². The van der Waals surface area contributed by atoms with Crippen LogP contribution in [-0.2, 0) is 12.0 Å². The van der Waals surface area contributed by atoms with Crippen molar-refractivity contribution in [1.29, 1.82) is 0 Å². The van der Waals surface area contributed by atoms with Crippen LogP contribution in [0.4, 0.5) is 0 Å². The van der Waals surface area contributed by atoms with Gasteiger partial charge in [0, 0.05) is 17.5 Å². The molecule has 26 heavy (non-hydrogen) atoms. The van der Waals surface area contributed by atoms with Crippen LogP contribution in [0.25, 0.3) is 22.9 Å². The van der Waals surface area contributed by atoms with Crippen LogP contribution in [0.15, 0.2) is 60.7 Å². The lowest BCUT2D eigenvalue weighted by atomic mass is 9.79. The Morgan fingerprint density at radius 2 is 1.42 bits per heavy atom.